The van der Waals surface area contributed by atoms with E-state index in [2.05, 4.69) is 15.8 Å². The van der Waals surface area contributed by atoms with Crippen molar-refractivity contribution in [3.63, 3.8) is 0 Å². The van der Waals surface area contributed by atoms with Gasteiger partial charge in [0.1, 0.15) is 0 Å². The van der Waals surface area contributed by atoms with Crippen molar-refractivity contribution in [2.75, 3.05) is 5.32 Å². The van der Waals surface area contributed by atoms with Crippen LogP contribution in [0.25, 0.3) is 0 Å². The quantitative estimate of drug-likeness (QED) is 0.780. The number of carboxylic acids is 1. The maximum Gasteiger partial charge on any atom is 0.319 e. The lowest BCUT2D eigenvalue weighted by molar-refractivity contribution is -0.136. The second kappa shape index (κ2) is 6.56. The minimum atomic E-state index is -0.957. The molecule has 2 amide bonds. The van der Waals surface area contributed by atoms with E-state index in [1.54, 1.807) is 37.3 Å². The Labute approximate surface area is 120 Å². The lowest BCUT2D eigenvalue weighted by Crippen LogP contribution is -2.28. The molecule has 0 spiro atoms. The Bertz CT molecular complexity index is 651. The molecule has 0 radical (unpaired) electrons. The topological polar surface area (TPSA) is 104 Å². The second-order valence-electron chi connectivity index (χ2n) is 4.47. The van der Waals surface area contributed by atoms with Gasteiger partial charge in [0, 0.05) is 11.8 Å². The standard InChI is InChI=1S/C14H15N3O4/c1-9-6-11(21-17-9)8-15-14(20)16-12-5-3-2-4-10(12)7-13(18)19/h2-6H,7-8H2,1H3,(H,18,19)(H2,15,16,20). The Morgan fingerprint density at radius 3 is 2.76 bits per heavy atom. The molecule has 0 fully saturated rings. The van der Waals surface area contributed by atoms with E-state index in [0.717, 1.165) is 5.69 Å². The predicted molar refractivity (Wildman–Crippen MR) is 74.9 cm³/mol. The molecule has 110 valence electrons. The third kappa shape index (κ3) is 4.34. The number of aliphatic carboxylic acids is 1. The third-order valence-corrected chi connectivity index (χ3v) is 2.71. The molecule has 1 aromatic heterocycles. The highest BCUT2D eigenvalue weighted by Gasteiger charge is 2.09. The molecule has 1 heterocycles. The number of carboxylic acid groups (broad SMARTS) is 1. The minimum Gasteiger partial charge on any atom is -0.481 e. The fraction of sp³-hybridized carbons (Fsp3) is 0.214. The van der Waals surface area contributed by atoms with Crippen molar-refractivity contribution in [3.8, 4) is 0 Å². The normalized spacial score (nSPS) is 10.1. The monoisotopic (exact) mass is 289 g/mol. The highest BCUT2D eigenvalue weighted by Crippen LogP contribution is 2.15. The van der Waals surface area contributed by atoms with Crippen molar-refractivity contribution >= 4 is 17.7 Å². The van der Waals surface area contributed by atoms with E-state index in [9.17, 15) is 9.59 Å². The lowest BCUT2D eigenvalue weighted by Gasteiger charge is -2.10. The maximum atomic E-state index is 11.8. The number of hydrogen-bond donors (Lipinski definition) is 3. The summed E-state index contributed by atoms with van der Waals surface area (Å²) in [6.45, 7) is 1.99. The number of aryl methyl sites for hydroxylation is 1. The van der Waals surface area contributed by atoms with Crippen molar-refractivity contribution in [1.82, 2.24) is 10.5 Å². The van der Waals surface area contributed by atoms with E-state index in [0.29, 0.717) is 17.0 Å². The first-order chi connectivity index (χ1) is 10.0. The van der Waals surface area contributed by atoms with Crippen molar-refractivity contribution in [2.45, 2.75) is 19.9 Å². The summed E-state index contributed by atoms with van der Waals surface area (Å²) in [6.07, 6.45) is -0.155. The largest absolute Gasteiger partial charge is 0.481 e. The van der Waals surface area contributed by atoms with Crippen LogP contribution in [0.3, 0.4) is 0 Å². The number of amides is 2. The number of carbonyl (C=O) groups is 2. The van der Waals surface area contributed by atoms with Gasteiger partial charge >= 0.3 is 12.0 Å². The van der Waals surface area contributed by atoms with E-state index in [1.165, 1.54) is 0 Å². The van der Waals surface area contributed by atoms with Crippen molar-refractivity contribution < 1.29 is 19.2 Å². The molecule has 7 nitrogen and oxygen atoms in total. The molecule has 0 atom stereocenters. The molecule has 7 heteroatoms. The molecule has 2 rings (SSSR count). The Morgan fingerprint density at radius 1 is 1.33 bits per heavy atom. The summed E-state index contributed by atoms with van der Waals surface area (Å²) >= 11 is 0. The van der Waals surface area contributed by atoms with Gasteiger partial charge in [-0.05, 0) is 18.6 Å². The molecule has 2 aromatic rings. The maximum absolute atomic E-state index is 11.8. The zero-order valence-corrected chi connectivity index (χ0v) is 11.4. The number of benzene rings is 1. The van der Waals surface area contributed by atoms with Gasteiger partial charge in [0.05, 0.1) is 18.7 Å². The summed E-state index contributed by atoms with van der Waals surface area (Å²) in [6, 6.07) is 8.03. The first-order valence-corrected chi connectivity index (χ1v) is 6.31. The summed E-state index contributed by atoms with van der Waals surface area (Å²) in [5, 5.41) is 17.8. The second-order valence-corrected chi connectivity index (χ2v) is 4.47. The van der Waals surface area contributed by atoms with Crippen LogP contribution < -0.4 is 10.6 Å². The van der Waals surface area contributed by atoms with Gasteiger partial charge in [-0.15, -0.1) is 0 Å². The van der Waals surface area contributed by atoms with Gasteiger partial charge in [-0.2, -0.15) is 0 Å². The molecule has 0 aliphatic rings. The predicted octanol–water partition coefficient (Wildman–Crippen LogP) is 1.93. The van der Waals surface area contributed by atoms with Gasteiger partial charge in [0.15, 0.2) is 5.76 Å². The molecule has 21 heavy (non-hydrogen) atoms. The summed E-state index contributed by atoms with van der Waals surface area (Å²) in [7, 11) is 0. The molecule has 0 aliphatic heterocycles. The van der Waals surface area contributed by atoms with Crippen LogP contribution in [0.5, 0.6) is 0 Å². The number of rotatable bonds is 5. The number of urea groups is 1. The average molecular weight is 289 g/mol. The summed E-state index contributed by atoms with van der Waals surface area (Å²) in [4.78, 5) is 22.6. The van der Waals surface area contributed by atoms with Crippen LogP contribution in [0, 0.1) is 6.92 Å². The molecule has 1 aromatic carbocycles. The lowest BCUT2D eigenvalue weighted by atomic mass is 10.1. The van der Waals surface area contributed by atoms with Gasteiger partial charge in [-0.25, -0.2) is 4.79 Å². The molecule has 0 bridgehead atoms. The molecular formula is C14H15N3O4. The SMILES string of the molecule is Cc1cc(CNC(=O)Nc2ccccc2CC(=O)O)on1. The Hall–Kier alpha value is -2.83. The van der Waals surface area contributed by atoms with Crippen molar-refractivity contribution in [1.29, 1.82) is 0 Å². The molecule has 0 aliphatic carbocycles. The molecule has 0 saturated carbocycles. The number of anilines is 1. The van der Waals surface area contributed by atoms with Gasteiger partial charge in [-0.3, -0.25) is 4.79 Å². The van der Waals surface area contributed by atoms with Crippen LogP contribution >= 0.6 is 0 Å². The third-order valence-electron chi connectivity index (χ3n) is 2.71. The fourth-order valence-corrected chi connectivity index (χ4v) is 1.79. The number of carbonyl (C=O) groups excluding carboxylic acids is 1. The van der Waals surface area contributed by atoms with E-state index in [4.69, 9.17) is 9.63 Å². The van der Waals surface area contributed by atoms with E-state index < -0.39 is 12.0 Å². The van der Waals surface area contributed by atoms with Crippen LogP contribution in [0.15, 0.2) is 34.9 Å². The van der Waals surface area contributed by atoms with Crippen LogP contribution in [-0.2, 0) is 17.8 Å². The smallest absolute Gasteiger partial charge is 0.319 e. The van der Waals surface area contributed by atoms with Crippen LogP contribution in [-0.4, -0.2) is 22.3 Å². The van der Waals surface area contributed by atoms with Crippen molar-refractivity contribution in [2.24, 2.45) is 0 Å². The average Bonchev–Trinajstić information content (AvgIpc) is 2.84. The zero-order chi connectivity index (χ0) is 15.2. The fourth-order valence-electron chi connectivity index (χ4n) is 1.79. The Kier molecular flexibility index (Phi) is 4.55. The number of para-hydroxylation sites is 1. The van der Waals surface area contributed by atoms with Crippen LogP contribution in [0.2, 0.25) is 0 Å². The van der Waals surface area contributed by atoms with E-state index in [-0.39, 0.29) is 13.0 Å². The van der Waals surface area contributed by atoms with Crippen LogP contribution in [0.4, 0.5) is 10.5 Å². The molecule has 3 N–H and O–H groups in total. The summed E-state index contributed by atoms with van der Waals surface area (Å²) in [5.74, 6) is -0.414. The Balaban J connectivity index is 1.94. The van der Waals surface area contributed by atoms with Gasteiger partial charge in [-0.1, -0.05) is 23.4 Å². The van der Waals surface area contributed by atoms with Gasteiger partial charge in [0.25, 0.3) is 0 Å². The first-order valence-electron chi connectivity index (χ1n) is 6.31. The summed E-state index contributed by atoms with van der Waals surface area (Å²) in [5.41, 5.74) is 1.74. The molecular weight excluding hydrogens is 274 g/mol. The molecule has 0 saturated heterocycles. The zero-order valence-electron chi connectivity index (χ0n) is 11.4. The number of nitrogens with one attached hydrogen (secondary N) is 2. The minimum absolute atomic E-state index is 0.155. The highest BCUT2D eigenvalue weighted by atomic mass is 16.5. The van der Waals surface area contributed by atoms with Gasteiger partial charge < -0.3 is 20.3 Å². The van der Waals surface area contributed by atoms with E-state index in [1.807, 2.05) is 0 Å². The van der Waals surface area contributed by atoms with Crippen LogP contribution in [0.1, 0.15) is 17.0 Å². The highest BCUT2D eigenvalue weighted by molar-refractivity contribution is 5.90. The number of hydrogen-bond acceptors (Lipinski definition) is 4. The van der Waals surface area contributed by atoms with Crippen molar-refractivity contribution in [3.05, 3.63) is 47.3 Å². The number of nitrogens with zero attached hydrogens (tertiary/aromatic N) is 1. The van der Waals surface area contributed by atoms with Gasteiger partial charge in [0.2, 0.25) is 0 Å². The number of aromatic nitrogens is 1. The summed E-state index contributed by atoms with van der Waals surface area (Å²) < 4.78 is 4.97. The Morgan fingerprint density at radius 2 is 2.10 bits per heavy atom. The van der Waals surface area contributed by atoms with E-state index >= 15 is 0 Å². The first kappa shape index (κ1) is 14.6. The molecule has 0 unspecified atom stereocenters.